The Kier molecular flexibility index (Phi) is 5.46. The first-order valence-corrected chi connectivity index (χ1v) is 10.4. The van der Waals surface area contributed by atoms with E-state index in [0.29, 0.717) is 6.54 Å². The smallest absolute Gasteiger partial charge is 0.256 e. The minimum atomic E-state index is -3.44. The van der Waals surface area contributed by atoms with Crippen LogP contribution in [-0.2, 0) is 16.6 Å². The second-order valence-electron chi connectivity index (χ2n) is 7.27. The maximum Gasteiger partial charge on any atom is 0.282 e. The molecule has 1 aliphatic heterocycles. The molecule has 0 aliphatic carbocycles. The van der Waals surface area contributed by atoms with Crippen LogP contribution in [0.15, 0.2) is 36.4 Å². The summed E-state index contributed by atoms with van der Waals surface area (Å²) in [6, 6.07) is 12.5. The van der Waals surface area contributed by atoms with Gasteiger partial charge in [-0.05, 0) is 56.4 Å². The Balaban J connectivity index is 1.92. The van der Waals surface area contributed by atoms with Gasteiger partial charge in [0.15, 0.2) is 0 Å². The van der Waals surface area contributed by atoms with Gasteiger partial charge in [0.1, 0.15) is 0 Å². The molecule has 1 saturated heterocycles. The summed E-state index contributed by atoms with van der Waals surface area (Å²) in [7, 11) is -0.276. The topological polar surface area (TPSA) is 53.5 Å². The molecule has 0 radical (unpaired) electrons. The fraction of sp³-hybridized carbons (Fsp3) is 0.450. The van der Waals surface area contributed by atoms with Crippen molar-refractivity contribution in [1.29, 1.82) is 0 Å². The molecule has 6 heteroatoms. The van der Waals surface area contributed by atoms with Gasteiger partial charge >= 0.3 is 0 Å². The fourth-order valence-corrected chi connectivity index (χ4v) is 4.93. The monoisotopic (exact) mass is 373 g/mol. The van der Waals surface area contributed by atoms with Gasteiger partial charge in [-0.3, -0.25) is 4.98 Å². The van der Waals surface area contributed by atoms with Crippen molar-refractivity contribution in [2.24, 2.45) is 0 Å². The standard InChI is InChI=1S/C20H27N3O2S/c1-15-7-5-8-17(11-15)13-18-12-16(2)21-19(14-18)20-9-6-10-23(20)26(24,25)22(3)4/h5,7-8,11-12,14,20H,6,9-10,13H2,1-4H3/t20-/m1/s1. The van der Waals surface area contributed by atoms with Crippen molar-refractivity contribution in [3.63, 3.8) is 0 Å². The third kappa shape index (κ3) is 3.98. The van der Waals surface area contributed by atoms with Gasteiger partial charge in [-0.25, -0.2) is 0 Å². The van der Waals surface area contributed by atoms with Crippen molar-refractivity contribution >= 4 is 10.2 Å². The lowest BCUT2D eigenvalue weighted by atomic mass is 10.0. The van der Waals surface area contributed by atoms with Gasteiger partial charge in [-0.15, -0.1) is 0 Å². The first-order valence-electron chi connectivity index (χ1n) is 8.99. The van der Waals surface area contributed by atoms with Gasteiger partial charge in [0, 0.05) is 26.3 Å². The molecule has 1 aromatic heterocycles. The van der Waals surface area contributed by atoms with Gasteiger partial charge in [-0.2, -0.15) is 17.0 Å². The van der Waals surface area contributed by atoms with E-state index < -0.39 is 10.2 Å². The Morgan fingerprint density at radius 2 is 1.92 bits per heavy atom. The molecule has 2 heterocycles. The maximum absolute atomic E-state index is 12.6. The highest BCUT2D eigenvalue weighted by Crippen LogP contribution is 2.34. The van der Waals surface area contributed by atoms with E-state index in [1.165, 1.54) is 21.0 Å². The Morgan fingerprint density at radius 1 is 1.15 bits per heavy atom. The SMILES string of the molecule is Cc1cccc(Cc2cc(C)nc([C@H]3CCCN3S(=O)(=O)N(C)C)c2)c1. The zero-order chi connectivity index (χ0) is 18.9. The molecule has 1 fully saturated rings. The average Bonchev–Trinajstić information content (AvgIpc) is 3.04. The van der Waals surface area contributed by atoms with Crippen molar-refractivity contribution < 1.29 is 8.42 Å². The van der Waals surface area contributed by atoms with Gasteiger partial charge in [0.05, 0.1) is 11.7 Å². The largest absolute Gasteiger partial charge is 0.282 e. The van der Waals surface area contributed by atoms with E-state index in [1.54, 1.807) is 18.4 Å². The average molecular weight is 374 g/mol. The number of aromatic nitrogens is 1. The lowest BCUT2D eigenvalue weighted by molar-refractivity contribution is 0.357. The van der Waals surface area contributed by atoms with Gasteiger partial charge in [0.2, 0.25) is 0 Å². The highest BCUT2D eigenvalue weighted by Gasteiger charge is 2.37. The van der Waals surface area contributed by atoms with Crippen LogP contribution in [0, 0.1) is 13.8 Å². The van der Waals surface area contributed by atoms with E-state index in [-0.39, 0.29) is 6.04 Å². The van der Waals surface area contributed by atoms with Crippen molar-refractivity contribution in [2.45, 2.75) is 39.2 Å². The van der Waals surface area contributed by atoms with Gasteiger partial charge in [0.25, 0.3) is 10.2 Å². The Labute approximate surface area is 156 Å². The summed E-state index contributed by atoms with van der Waals surface area (Å²) < 4.78 is 28.2. The molecule has 1 aromatic carbocycles. The van der Waals surface area contributed by atoms with Crippen LogP contribution < -0.4 is 0 Å². The molecule has 0 N–H and O–H groups in total. The molecule has 26 heavy (non-hydrogen) atoms. The first-order chi connectivity index (χ1) is 12.3. The molecule has 3 rings (SSSR count). The summed E-state index contributed by atoms with van der Waals surface area (Å²) in [5.74, 6) is 0. The van der Waals surface area contributed by atoms with Crippen LogP contribution in [0.25, 0.3) is 0 Å². The van der Waals surface area contributed by atoms with Crippen LogP contribution in [0.1, 0.15) is 47.0 Å². The third-order valence-electron chi connectivity index (χ3n) is 4.83. The van der Waals surface area contributed by atoms with Crippen molar-refractivity contribution in [3.8, 4) is 0 Å². The summed E-state index contributed by atoms with van der Waals surface area (Å²) >= 11 is 0. The Bertz CT molecular complexity index is 894. The van der Waals surface area contributed by atoms with Crippen molar-refractivity contribution in [2.75, 3.05) is 20.6 Å². The second-order valence-corrected chi connectivity index (χ2v) is 9.36. The molecule has 5 nitrogen and oxygen atoms in total. The van der Waals surface area contributed by atoms with Crippen LogP contribution >= 0.6 is 0 Å². The van der Waals surface area contributed by atoms with Crippen LogP contribution in [0.2, 0.25) is 0 Å². The molecule has 0 bridgehead atoms. The summed E-state index contributed by atoms with van der Waals surface area (Å²) in [4.78, 5) is 4.67. The summed E-state index contributed by atoms with van der Waals surface area (Å²) in [5.41, 5.74) is 5.46. The molecular formula is C20H27N3O2S. The van der Waals surface area contributed by atoms with E-state index in [0.717, 1.165) is 30.7 Å². The van der Waals surface area contributed by atoms with E-state index in [9.17, 15) is 8.42 Å². The van der Waals surface area contributed by atoms with Crippen LogP contribution in [0.4, 0.5) is 0 Å². The predicted octanol–water partition coefficient (Wildman–Crippen LogP) is 3.23. The van der Waals surface area contributed by atoms with Crippen LogP contribution in [0.3, 0.4) is 0 Å². The second kappa shape index (κ2) is 7.47. The van der Waals surface area contributed by atoms with E-state index in [1.807, 2.05) is 6.92 Å². The Morgan fingerprint density at radius 3 is 2.62 bits per heavy atom. The molecule has 140 valence electrons. The normalized spacial score (nSPS) is 18.6. The van der Waals surface area contributed by atoms with Gasteiger partial charge < -0.3 is 0 Å². The van der Waals surface area contributed by atoms with Crippen LogP contribution in [0.5, 0.6) is 0 Å². The number of pyridine rings is 1. The predicted molar refractivity (Wildman–Crippen MR) is 104 cm³/mol. The number of hydrogen-bond donors (Lipinski definition) is 0. The lowest BCUT2D eigenvalue weighted by Crippen LogP contribution is -2.39. The summed E-state index contributed by atoms with van der Waals surface area (Å²) in [5, 5.41) is 0. The number of nitrogens with zero attached hydrogens (tertiary/aromatic N) is 3. The molecular weight excluding hydrogens is 346 g/mol. The van der Waals surface area contributed by atoms with Crippen molar-refractivity contribution in [3.05, 3.63) is 64.5 Å². The van der Waals surface area contributed by atoms with E-state index in [2.05, 4.69) is 48.3 Å². The number of benzene rings is 1. The minimum absolute atomic E-state index is 0.182. The molecule has 0 unspecified atom stereocenters. The fourth-order valence-electron chi connectivity index (χ4n) is 3.62. The highest BCUT2D eigenvalue weighted by atomic mass is 32.2. The zero-order valence-corrected chi connectivity index (χ0v) is 16.8. The molecule has 1 atom stereocenters. The number of rotatable bonds is 5. The van der Waals surface area contributed by atoms with Crippen LogP contribution in [-0.4, -0.2) is 42.7 Å². The maximum atomic E-state index is 12.6. The summed E-state index contributed by atoms with van der Waals surface area (Å²) in [6.45, 7) is 4.62. The molecule has 0 saturated carbocycles. The first kappa shape index (κ1) is 19.0. The van der Waals surface area contributed by atoms with E-state index >= 15 is 0 Å². The van der Waals surface area contributed by atoms with Crippen molar-refractivity contribution in [1.82, 2.24) is 13.6 Å². The molecule has 0 amide bonds. The third-order valence-corrected chi connectivity index (χ3v) is 6.78. The molecule has 2 aromatic rings. The number of hydrogen-bond acceptors (Lipinski definition) is 3. The Hall–Kier alpha value is -1.76. The molecule has 1 aliphatic rings. The minimum Gasteiger partial charge on any atom is -0.256 e. The van der Waals surface area contributed by atoms with Gasteiger partial charge in [-0.1, -0.05) is 29.8 Å². The molecule has 0 spiro atoms. The highest BCUT2D eigenvalue weighted by molar-refractivity contribution is 7.86. The quantitative estimate of drug-likeness (QED) is 0.808. The zero-order valence-electron chi connectivity index (χ0n) is 15.9. The summed E-state index contributed by atoms with van der Waals surface area (Å²) in [6.07, 6.45) is 2.50. The van der Waals surface area contributed by atoms with E-state index in [4.69, 9.17) is 0 Å². The lowest BCUT2D eigenvalue weighted by Gasteiger charge is -2.27. The number of aryl methyl sites for hydroxylation is 2.